The van der Waals surface area contributed by atoms with Crippen LogP contribution in [0.2, 0.25) is 0 Å². The highest BCUT2D eigenvalue weighted by Crippen LogP contribution is 2.36. The van der Waals surface area contributed by atoms with Crippen molar-refractivity contribution in [1.29, 1.82) is 0 Å². The summed E-state index contributed by atoms with van der Waals surface area (Å²) in [6.45, 7) is 2.09. The first-order chi connectivity index (χ1) is 9.22. The standard InChI is InChI=1S/C14H17NO4/c16-14(17)7-10-3-5-15(6-4-10)11-1-2-12-13(8-11)19-9-18-12/h1-2,8,10H,3-7,9H2,(H,16,17). The van der Waals surface area contributed by atoms with Crippen molar-refractivity contribution in [3.8, 4) is 11.5 Å². The zero-order valence-corrected chi connectivity index (χ0v) is 10.7. The first-order valence-electron chi connectivity index (χ1n) is 6.59. The van der Waals surface area contributed by atoms with Crippen LogP contribution in [-0.2, 0) is 4.79 Å². The SMILES string of the molecule is O=C(O)CC1CCN(c2ccc3c(c2)OCO3)CC1. The second-order valence-electron chi connectivity index (χ2n) is 5.07. The van der Waals surface area contributed by atoms with E-state index in [4.69, 9.17) is 14.6 Å². The number of anilines is 1. The summed E-state index contributed by atoms with van der Waals surface area (Å²) in [5, 5.41) is 8.81. The molecule has 19 heavy (non-hydrogen) atoms. The predicted molar refractivity (Wildman–Crippen MR) is 69.8 cm³/mol. The van der Waals surface area contributed by atoms with E-state index in [2.05, 4.69) is 4.90 Å². The Kier molecular flexibility index (Phi) is 3.19. The van der Waals surface area contributed by atoms with Gasteiger partial charge < -0.3 is 19.5 Å². The monoisotopic (exact) mass is 263 g/mol. The molecule has 1 N–H and O–H groups in total. The average Bonchev–Trinajstić information content (AvgIpc) is 2.86. The zero-order chi connectivity index (χ0) is 13.2. The molecule has 1 aromatic carbocycles. The second-order valence-corrected chi connectivity index (χ2v) is 5.07. The molecule has 0 spiro atoms. The Labute approximate surface area is 111 Å². The molecule has 0 radical (unpaired) electrons. The highest BCUT2D eigenvalue weighted by atomic mass is 16.7. The number of benzene rings is 1. The van der Waals surface area contributed by atoms with Crippen LogP contribution in [0.4, 0.5) is 5.69 Å². The van der Waals surface area contributed by atoms with Gasteiger partial charge in [-0.25, -0.2) is 0 Å². The van der Waals surface area contributed by atoms with Crippen LogP contribution in [0.25, 0.3) is 0 Å². The molecule has 5 nitrogen and oxygen atoms in total. The lowest BCUT2D eigenvalue weighted by atomic mass is 9.93. The molecule has 0 atom stereocenters. The third kappa shape index (κ3) is 2.59. The molecule has 2 aliphatic rings. The van der Waals surface area contributed by atoms with Crippen LogP contribution < -0.4 is 14.4 Å². The van der Waals surface area contributed by atoms with Crippen molar-refractivity contribution in [1.82, 2.24) is 0 Å². The summed E-state index contributed by atoms with van der Waals surface area (Å²) in [4.78, 5) is 13.0. The molecule has 0 aromatic heterocycles. The van der Waals surface area contributed by atoms with Gasteiger partial charge in [-0.15, -0.1) is 0 Å². The highest BCUT2D eigenvalue weighted by molar-refractivity contribution is 5.67. The van der Waals surface area contributed by atoms with E-state index in [1.165, 1.54) is 0 Å². The number of aliphatic carboxylic acids is 1. The first-order valence-corrected chi connectivity index (χ1v) is 6.59. The van der Waals surface area contributed by atoms with Crippen LogP contribution in [0.5, 0.6) is 11.5 Å². The van der Waals surface area contributed by atoms with Gasteiger partial charge in [0.15, 0.2) is 11.5 Å². The Morgan fingerprint density at radius 1 is 1.26 bits per heavy atom. The Morgan fingerprint density at radius 2 is 2.00 bits per heavy atom. The van der Waals surface area contributed by atoms with E-state index < -0.39 is 5.97 Å². The third-order valence-corrected chi connectivity index (χ3v) is 3.80. The van der Waals surface area contributed by atoms with Crippen molar-refractivity contribution >= 4 is 11.7 Å². The van der Waals surface area contributed by atoms with Gasteiger partial charge in [0, 0.05) is 31.3 Å². The summed E-state index contributed by atoms with van der Waals surface area (Å²) < 4.78 is 10.7. The summed E-state index contributed by atoms with van der Waals surface area (Å²) in [5.41, 5.74) is 1.12. The summed E-state index contributed by atoms with van der Waals surface area (Å²) in [7, 11) is 0. The van der Waals surface area contributed by atoms with Gasteiger partial charge in [-0.05, 0) is 30.9 Å². The number of ether oxygens (including phenoxy) is 2. The van der Waals surface area contributed by atoms with Crippen molar-refractivity contribution in [2.75, 3.05) is 24.8 Å². The van der Waals surface area contributed by atoms with E-state index in [1.54, 1.807) is 0 Å². The molecule has 0 saturated carbocycles. The van der Waals surface area contributed by atoms with Gasteiger partial charge in [0.25, 0.3) is 0 Å². The number of nitrogens with zero attached hydrogens (tertiary/aromatic N) is 1. The van der Waals surface area contributed by atoms with Crippen LogP contribution in [0.15, 0.2) is 18.2 Å². The number of piperidine rings is 1. The number of carboxylic acids is 1. The zero-order valence-electron chi connectivity index (χ0n) is 10.7. The molecule has 102 valence electrons. The molecule has 2 aliphatic heterocycles. The third-order valence-electron chi connectivity index (χ3n) is 3.80. The van der Waals surface area contributed by atoms with E-state index in [-0.39, 0.29) is 6.42 Å². The molecule has 2 heterocycles. The van der Waals surface area contributed by atoms with Crippen LogP contribution in [0.3, 0.4) is 0 Å². The minimum atomic E-state index is -0.693. The Balaban J connectivity index is 1.63. The van der Waals surface area contributed by atoms with Gasteiger partial charge in [0.1, 0.15) is 0 Å². The summed E-state index contributed by atoms with van der Waals surface area (Å²) in [6.07, 6.45) is 2.15. The Morgan fingerprint density at radius 3 is 2.74 bits per heavy atom. The fraction of sp³-hybridized carbons (Fsp3) is 0.500. The minimum absolute atomic E-state index is 0.287. The predicted octanol–water partition coefficient (Wildman–Crippen LogP) is 2.11. The lowest BCUT2D eigenvalue weighted by Gasteiger charge is -2.33. The van der Waals surface area contributed by atoms with Crippen molar-refractivity contribution in [3.63, 3.8) is 0 Å². The molecule has 1 aromatic rings. The molecular formula is C14H17NO4. The average molecular weight is 263 g/mol. The number of carboxylic acid groups (broad SMARTS) is 1. The van der Waals surface area contributed by atoms with E-state index >= 15 is 0 Å². The summed E-state index contributed by atoms with van der Waals surface area (Å²) in [5.74, 6) is 1.21. The van der Waals surface area contributed by atoms with Gasteiger partial charge in [-0.2, -0.15) is 0 Å². The highest BCUT2D eigenvalue weighted by Gasteiger charge is 2.23. The number of carbonyl (C=O) groups is 1. The molecule has 3 rings (SSSR count). The molecule has 0 bridgehead atoms. The maximum atomic E-state index is 10.7. The molecular weight excluding hydrogens is 246 g/mol. The fourth-order valence-electron chi connectivity index (χ4n) is 2.72. The normalized spacial score (nSPS) is 18.6. The number of rotatable bonds is 3. The van der Waals surface area contributed by atoms with Crippen molar-refractivity contribution in [2.24, 2.45) is 5.92 Å². The van der Waals surface area contributed by atoms with Gasteiger partial charge in [0.05, 0.1) is 0 Å². The van der Waals surface area contributed by atoms with Gasteiger partial charge in [-0.3, -0.25) is 4.79 Å². The quantitative estimate of drug-likeness (QED) is 0.905. The first kappa shape index (κ1) is 12.1. The van der Waals surface area contributed by atoms with E-state index in [0.29, 0.717) is 12.7 Å². The van der Waals surface area contributed by atoms with Crippen LogP contribution in [0, 0.1) is 5.92 Å². The molecule has 0 aliphatic carbocycles. The van der Waals surface area contributed by atoms with Crippen molar-refractivity contribution < 1.29 is 19.4 Å². The Bertz CT molecular complexity index is 480. The summed E-state index contributed by atoms with van der Waals surface area (Å²) in [6, 6.07) is 5.96. The van der Waals surface area contributed by atoms with Gasteiger partial charge >= 0.3 is 5.97 Å². The lowest BCUT2D eigenvalue weighted by molar-refractivity contribution is -0.138. The molecule has 1 fully saturated rings. The molecule has 5 heteroatoms. The van der Waals surface area contributed by atoms with Crippen LogP contribution >= 0.6 is 0 Å². The van der Waals surface area contributed by atoms with Crippen LogP contribution in [0.1, 0.15) is 19.3 Å². The van der Waals surface area contributed by atoms with E-state index in [9.17, 15) is 4.79 Å². The minimum Gasteiger partial charge on any atom is -0.481 e. The molecule has 0 amide bonds. The van der Waals surface area contributed by atoms with E-state index in [1.807, 2.05) is 18.2 Å². The van der Waals surface area contributed by atoms with Crippen molar-refractivity contribution in [2.45, 2.75) is 19.3 Å². The van der Waals surface area contributed by atoms with Crippen molar-refractivity contribution in [3.05, 3.63) is 18.2 Å². The van der Waals surface area contributed by atoms with Gasteiger partial charge in [-0.1, -0.05) is 0 Å². The maximum absolute atomic E-state index is 10.7. The topological polar surface area (TPSA) is 59.0 Å². The maximum Gasteiger partial charge on any atom is 0.303 e. The number of fused-ring (bicyclic) bond motifs is 1. The molecule has 1 saturated heterocycles. The van der Waals surface area contributed by atoms with Gasteiger partial charge in [0.2, 0.25) is 6.79 Å². The molecule has 0 unspecified atom stereocenters. The Hall–Kier alpha value is -1.91. The fourth-order valence-corrected chi connectivity index (χ4v) is 2.72. The summed E-state index contributed by atoms with van der Waals surface area (Å²) >= 11 is 0. The lowest BCUT2D eigenvalue weighted by Crippen LogP contribution is -2.34. The largest absolute Gasteiger partial charge is 0.481 e. The number of hydrogen-bond donors (Lipinski definition) is 1. The smallest absolute Gasteiger partial charge is 0.303 e. The number of hydrogen-bond acceptors (Lipinski definition) is 4. The van der Waals surface area contributed by atoms with Crippen LogP contribution in [-0.4, -0.2) is 31.0 Å². The van der Waals surface area contributed by atoms with E-state index in [0.717, 1.165) is 43.1 Å². The second kappa shape index (κ2) is 4.99.